The minimum absolute atomic E-state index is 0.442. The smallest absolute Gasteiger partial charge is 0.326 e. The lowest BCUT2D eigenvalue weighted by atomic mass is 9.91. The number of fused-ring (bicyclic) bond motifs is 1. The third-order valence-electron chi connectivity index (χ3n) is 4.31. The first kappa shape index (κ1) is 19.0. The van der Waals surface area contributed by atoms with Gasteiger partial charge in [0.2, 0.25) is 0 Å². The van der Waals surface area contributed by atoms with E-state index >= 15 is 0 Å². The van der Waals surface area contributed by atoms with Gasteiger partial charge in [0.1, 0.15) is 17.7 Å². The number of hydrogen-bond donors (Lipinski definition) is 1. The fraction of sp³-hybridized carbons (Fsp3) is 0.526. The predicted molar refractivity (Wildman–Crippen MR) is 95.5 cm³/mol. The van der Waals surface area contributed by atoms with Gasteiger partial charge in [-0.3, -0.25) is 14.5 Å². The van der Waals surface area contributed by atoms with E-state index in [0.29, 0.717) is 30.3 Å². The fourth-order valence-electron chi connectivity index (χ4n) is 3.01. The zero-order valence-corrected chi connectivity index (χ0v) is 16.0. The maximum atomic E-state index is 12.9. The van der Waals surface area contributed by atoms with Crippen LogP contribution in [0.15, 0.2) is 18.2 Å². The van der Waals surface area contributed by atoms with E-state index in [1.165, 1.54) is 0 Å². The van der Waals surface area contributed by atoms with Crippen molar-refractivity contribution in [2.24, 2.45) is 0 Å². The summed E-state index contributed by atoms with van der Waals surface area (Å²) in [6, 6.07) is 4.48. The van der Waals surface area contributed by atoms with Crippen LogP contribution in [0.1, 0.15) is 39.7 Å². The zero-order valence-electron chi connectivity index (χ0n) is 16.0. The maximum Gasteiger partial charge on any atom is 0.326 e. The molecule has 0 bridgehead atoms. The van der Waals surface area contributed by atoms with E-state index in [1.54, 1.807) is 45.9 Å². The summed E-state index contributed by atoms with van der Waals surface area (Å²) in [5.41, 5.74) is -1.45. The monoisotopic (exact) mass is 376 g/mol. The van der Waals surface area contributed by atoms with Gasteiger partial charge in [-0.25, -0.2) is 4.79 Å². The van der Waals surface area contributed by atoms with Gasteiger partial charge in [0, 0.05) is 6.42 Å². The molecule has 146 valence electrons. The van der Waals surface area contributed by atoms with Crippen LogP contribution in [0.5, 0.6) is 11.5 Å². The van der Waals surface area contributed by atoms with E-state index in [1.807, 2.05) is 0 Å². The first-order valence-electron chi connectivity index (χ1n) is 8.86. The van der Waals surface area contributed by atoms with E-state index in [-0.39, 0.29) is 0 Å². The summed E-state index contributed by atoms with van der Waals surface area (Å²) in [7, 11) is 0. The Bertz CT molecular complexity index is 785. The Labute approximate surface area is 157 Å². The van der Waals surface area contributed by atoms with Gasteiger partial charge in [-0.05, 0) is 45.4 Å². The standard InChI is InChI=1S/C19H24N2O6/c1-18(2,3)27-15(22)11-21-16(23)19(4,20-17(21)24)12-6-7-13-14(10-12)26-9-5-8-25-13/h6-7,10H,5,8-9,11H2,1-4H3,(H,20,24)/t19-/m0/s1. The van der Waals surface area contributed by atoms with Crippen molar-refractivity contribution in [3.8, 4) is 11.5 Å². The van der Waals surface area contributed by atoms with Crippen LogP contribution < -0.4 is 14.8 Å². The predicted octanol–water partition coefficient (Wildman–Crippen LogP) is 1.96. The first-order valence-corrected chi connectivity index (χ1v) is 8.86. The third-order valence-corrected chi connectivity index (χ3v) is 4.31. The quantitative estimate of drug-likeness (QED) is 0.640. The molecule has 2 aliphatic heterocycles. The van der Waals surface area contributed by atoms with Gasteiger partial charge < -0.3 is 19.5 Å². The van der Waals surface area contributed by atoms with Crippen molar-refractivity contribution >= 4 is 17.9 Å². The lowest BCUT2D eigenvalue weighted by Crippen LogP contribution is -2.42. The van der Waals surface area contributed by atoms with Gasteiger partial charge in [-0.15, -0.1) is 0 Å². The number of esters is 1. The van der Waals surface area contributed by atoms with Crippen LogP contribution in [0.25, 0.3) is 0 Å². The average molecular weight is 376 g/mol. The molecule has 0 unspecified atom stereocenters. The first-order chi connectivity index (χ1) is 12.6. The summed E-state index contributed by atoms with van der Waals surface area (Å²) in [6.45, 7) is 7.39. The number of carbonyl (C=O) groups is 3. The van der Waals surface area contributed by atoms with Crippen LogP contribution in [-0.4, -0.2) is 48.2 Å². The summed E-state index contributed by atoms with van der Waals surface area (Å²) in [4.78, 5) is 38.2. The Morgan fingerprint density at radius 3 is 2.56 bits per heavy atom. The highest BCUT2D eigenvalue weighted by Gasteiger charge is 2.50. The van der Waals surface area contributed by atoms with Gasteiger partial charge in [-0.1, -0.05) is 6.07 Å². The lowest BCUT2D eigenvalue weighted by Gasteiger charge is -2.24. The number of benzene rings is 1. The van der Waals surface area contributed by atoms with Crippen LogP contribution in [0, 0.1) is 0 Å². The molecule has 0 aromatic heterocycles. The zero-order chi connectivity index (χ0) is 19.8. The van der Waals surface area contributed by atoms with E-state index in [0.717, 1.165) is 11.3 Å². The van der Waals surface area contributed by atoms with Crippen LogP contribution in [0.4, 0.5) is 4.79 Å². The van der Waals surface area contributed by atoms with E-state index in [9.17, 15) is 14.4 Å². The Morgan fingerprint density at radius 1 is 1.22 bits per heavy atom. The Kier molecular flexibility index (Phi) is 4.75. The summed E-state index contributed by atoms with van der Waals surface area (Å²) < 4.78 is 16.5. The Hall–Kier alpha value is -2.77. The molecule has 1 atom stereocenters. The molecule has 8 nitrogen and oxygen atoms in total. The second kappa shape index (κ2) is 6.75. The number of carbonyl (C=O) groups excluding carboxylic acids is 3. The van der Waals surface area contributed by atoms with Crippen molar-refractivity contribution in [3.63, 3.8) is 0 Å². The second-order valence-electron chi connectivity index (χ2n) is 7.74. The topological polar surface area (TPSA) is 94.2 Å². The van der Waals surface area contributed by atoms with Crippen LogP contribution in [-0.2, 0) is 19.9 Å². The largest absolute Gasteiger partial charge is 0.490 e. The number of amides is 3. The van der Waals surface area contributed by atoms with Crippen molar-refractivity contribution < 1.29 is 28.6 Å². The molecule has 3 rings (SSSR count). The Morgan fingerprint density at radius 2 is 1.89 bits per heavy atom. The van der Waals surface area contributed by atoms with Crippen LogP contribution >= 0.6 is 0 Å². The fourth-order valence-corrected chi connectivity index (χ4v) is 3.01. The van der Waals surface area contributed by atoms with Crippen LogP contribution in [0.2, 0.25) is 0 Å². The third kappa shape index (κ3) is 3.84. The van der Waals surface area contributed by atoms with Crippen molar-refractivity contribution in [1.29, 1.82) is 0 Å². The summed E-state index contributed by atoms with van der Waals surface area (Å²) >= 11 is 0. The lowest BCUT2D eigenvalue weighted by molar-refractivity contribution is -0.157. The molecule has 8 heteroatoms. The Balaban J connectivity index is 1.82. The molecule has 1 aromatic rings. The highest BCUT2D eigenvalue weighted by Crippen LogP contribution is 2.36. The number of hydrogen-bond acceptors (Lipinski definition) is 6. The molecule has 3 amide bonds. The van der Waals surface area contributed by atoms with Crippen molar-refractivity contribution in [1.82, 2.24) is 10.2 Å². The highest BCUT2D eigenvalue weighted by atomic mass is 16.6. The molecule has 1 saturated heterocycles. The van der Waals surface area contributed by atoms with Crippen molar-refractivity contribution in [2.75, 3.05) is 19.8 Å². The molecule has 0 aliphatic carbocycles. The summed E-state index contributed by atoms with van der Waals surface area (Å²) in [5.74, 6) is -0.0390. The van der Waals surface area contributed by atoms with Crippen molar-refractivity contribution in [3.05, 3.63) is 23.8 Å². The molecule has 1 fully saturated rings. The molecule has 1 N–H and O–H groups in total. The molecule has 1 aromatic carbocycles. The van der Waals surface area contributed by atoms with Gasteiger partial charge in [0.15, 0.2) is 11.5 Å². The highest BCUT2D eigenvalue weighted by molar-refractivity contribution is 6.08. The van der Waals surface area contributed by atoms with Gasteiger partial charge in [-0.2, -0.15) is 0 Å². The number of ether oxygens (including phenoxy) is 3. The van der Waals surface area contributed by atoms with E-state index in [4.69, 9.17) is 14.2 Å². The molecule has 2 heterocycles. The number of nitrogens with zero attached hydrogens (tertiary/aromatic N) is 1. The number of rotatable bonds is 3. The maximum absolute atomic E-state index is 12.9. The molecule has 0 radical (unpaired) electrons. The molecular formula is C19H24N2O6. The van der Waals surface area contributed by atoms with Gasteiger partial charge >= 0.3 is 12.0 Å². The van der Waals surface area contributed by atoms with Crippen molar-refractivity contribution in [2.45, 2.75) is 45.3 Å². The number of imide groups is 1. The van der Waals surface area contributed by atoms with Gasteiger partial charge in [0.05, 0.1) is 13.2 Å². The minimum Gasteiger partial charge on any atom is -0.490 e. The molecule has 2 aliphatic rings. The summed E-state index contributed by atoms with van der Waals surface area (Å²) in [6.07, 6.45) is 0.764. The molecular weight excluding hydrogens is 352 g/mol. The van der Waals surface area contributed by atoms with Gasteiger partial charge in [0.25, 0.3) is 5.91 Å². The molecule has 27 heavy (non-hydrogen) atoms. The number of urea groups is 1. The number of nitrogens with one attached hydrogen (secondary N) is 1. The SMILES string of the molecule is CC(C)(C)OC(=O)CN1C(=O)N[C@@](C)(c2ccc3c(c2)OCCCO3)C1=O. The minimum atomic E-state index is -1.30. The average Bonchev–Trinajstić information content (AvgIpc) is 2.74. The normalized spacial score (nSPS) is 22.3. The van der Waals surface area contributed by atoms with Crippen LogP contribution in [0.3, 0.4) is 0 Å². The molecule has 0 spiro atoms. The summed E-state index contributed by atoms with van der Waals surface area (Å²) in [5, 5.41) is 2.67. The van der Waals surface area contributed by atoms with E-state index in [2.05, 4.69) is 5.32 Å². The second-order valence-corrected chi connectivity index (χ2v) is 7.74. The van der Waals surface area contributed by atoms with E-state index < -0.39 is 35.6 Å². The molecule has 0 saturated carbocycles.